The predicted octanol–water partition coefficient (Wildman–Crippen LogP) is 1.50. The van der Waals surface area contributed by atoms with Crippen molar-refractivity contribution < 1.29 is 17.9 Å². The van der Waals surface area contributed by atoms with Crippen LogP contribution in [0.25, 0.3) is 0 Å². The van der Waals surface area contributed by atoms with Crippen LogP contribution >= 0.6 is 0 Å². The molecule has 1 unspecified atom stereocenters. The number of amides is 1. The van der Waals surface area contributed by atoms with E-state index in [0.29, 0.717) is 23.4 Å². The van der Waals surface area contributed by atoms with Crippen LogP contribution < -0.4 is 11.1 Å². The molecular weight excluding hydrogens is 418 g/mol. The summed E-state index contributed by atoms with van der Waals surface area (Å²) >= 11 is 0. The first-order valence-corrected chi connectivity index (χ1v) is 11.2. The zero-order valence-electron chi connectivity index (χ0n) is 17.0. The van der Waals surface area contributed by atoms with Crippen LogP contribution in [0, 0.1) is 11.3 Å². The van der Waals surface area contributed by atoms with E-state index in [2.05, 4.69) is 15.3 Å². The van der Waals surface area contributed by atoms with Gasteiger partial charge in [-0.05, 0) is 49.2 Å². The Bertz CT molecular complexity index is 1250. The quantitative estimate of drug-likeness (QED) is 0.720. The second-order valence-electron chi connectivity index (χ2n) is 8.16. The highest BCUT2D eigenvalue weighted by Gasteiger charge is 2.52. The van der Waals surface area contributed by atoms with E-state index < -0.39 is 26.0 Å². The Hall–Kier alpha value is -3.29. The van der Waals surface area contributed by atoms with E-state index in [9.17, 15) is 13.2 Å². The second kappa shape index (κ2) is 7.14. The van der Waals surface area contributed by atoms with Gasteiger partial charge in [0.2, 0.25) is 0 Å². The third-order valence-corrected chi connectivity index (χ3v) is 8.37. The molecule has 2 aliphatic rings. The molecule has 0 radical (unpaired) electrons. The molecule has 160 valence electrons. The predicted molar refractivity (Wildman–Crippen MR) is 114 cm³/mol. The number of carbonyl (C=O) groups excluding carboxylic acids is 1. The fraction of sp³-hybridized carbons (Fsp3) is 0.333. The van der Waals surface area contributed by atoms with Gasteiger partial charge >= 0.3 is 0 Å². The molecule has 0 saturated carbocycles. The minimum absolute atomic E-state index is 0.0337. The number of nitrogens with one attached hydrogen (secondary N) is 1. The van der Waals surface area contributed by atoms with Crippen molar-refractivity contribution in [3.05, 3.63) is 58.9 Å². The first kappa shape index (κ1) is 21.0. The molecule has 0 saturated heterocycles. The summed E-state index contributed by atoms with van der Waals surface area (Å²) in [6.45, 7) is 3.46. The van der Waals surface area contributed by atoms with Gasteiger partial charge in [-0.15, -0.1) is 0 Å². The lowest BCUT2D eigenvalue weighted by molar-refractivity contribution is 0.0610. The van der Waals surface area contributed by atoms with Crippen LogP contribution in [0.15, 0.2) is 41.5 Å². The normalized spacial score (nSPS) is 23.3. The summed E-state index contributed by atoms with van der Waals surface area (Å²) in [4.78, 5) is 21.1. The molecule has 10 heteroatoms. The summed E-state index contributed by atoms with van der Waals surface area (Å²) in [5.74, 6) is -0.660. The summed E-state index contributed by atoms with van der Waals surface area (Å²) < 4.78 is 30.4. The summed E-state index contributed by atoms with van der Waals surface area (Å²) in [5, 5.41) is 11.6. The number of aromatic nitrogens is 1. The van der Waals surface area contributed by atoms with Gasteiger partial charge in [-0.1, -0.05) is 6.07 Å². The molecule has 2 aromatic rings. The molecule has 4 rings (SSSR count). The Balaban J connectivity index is 1.71. The smallest absolute Gasteiger partial charge is 0.274 e. The summed E-state index contributed by atoms with van der Waals surface area (Å²) in [6, 6.07) is 10.1. The molecule has 9 nitrogen and oxygen atoms in total. The number of fused-ring (bicyclic) bond motifs is 2. The number of rotatable bonds is 2. The standard InChI is InChI=1S/C21H21N5O4S/c1-20(2)19(23)26-21(12-31(20,28)29)11-30-10-14-4-5-15(7-16(14)21)25-18(27)17-6-3-13(8-22)9-24-17/h3-7,9H,10-12H2,1-2H3,(H2,23,26)(H,25,27). The Morgan fingerprint density at radius 1 is 1.29 bits per heavy atom. The monoisotopic (exact) mass is 439 g/mol. The number of nitriles is 1. The number of benzene rings is 1. The highest BCUT2D eigenvalue weighted by atomic mass is 32.2. The Morgan fingerprint density at radius 2 is 2.06 bits per heavy atom. The van der Waals surface area contributed by atoms with Gasteiger partial charge in [0.05, 0.1) is 24.5 Å². The van der Waals surface area contributed by atoms with Crippen molar-refractivity contribution in [3.63, 3.8) is 0 Å². The van der Waals surface area contributed by atoms with Gasteiger partial charge in [-0.3, -0.25) is 9.79 Å². The van der Waals surface area contributed by atoms with Crippen molar-refractivity contribution in [2.45, 2.75) is 30.7 Å². The fourth-order valence-corrected chi connectivity index (χ4v) is 5.33. The SMILES string of the molecule is CC1(C)C(N)=NC2(COCc3ccc(NC(=O)c4ccc(C#N)cn4)cc32)CS1(=O)=O. The van der Waals surface area contributed by atoms with Crippen molar-refractivity contribution in [2.75, 3.05) is 17.7 Å². The van der Waals surface area contributed by atoms with Gasteiger partial charge in [0, 0.05) is 11.9 Å². The topological polar surface area (TPSA) is 148 Å². The number of ether oxygens (including phenoxy) is 1. The molecule has 1 spiro atoms. The Labute approximate surface area is 179 Å². The third kappa shape index (κ3) is 3.45. The summed E-state index contributed by atoms with van der Waals surface area (Å²) in [7, 11) is -3.61. The van der Waals surface area contributed by atoms with E-state index >= 15 is 0 Å². The van der Waals surface area contributed by atoms with Gasteiger partial charge in [0.1, 0.15) is 27.9 Å². The molecule has 1 aromatic heterocycles. The van der Waals surface area contributed by atoms with Crippen molar-refractivity contribution in [1.82, 2.24) is 4.98 Å². The lowest BCUT2D eigenvalue weighted by atomic mass is 9.86. The average Bonchev–Trinajstić information content (AvgIpc) is 2.73. The molecule has 0 fully saturated rings. The molecule has 1 amide bonds. The number of nitrogens with two attached hydrogens (primary N) is 1. The van der Waals surface area contributed by atoms with Crippen LogP contribution in [0.2, 0.25) is 0 Å². The molecule has 0 bridgehead atoms. The zero-order valence-corrected chi connectivity index (χ0v) is 17.9. The Morgan fingerprint density at radius 3 is 2.71 bits per heavy atom. The maximum absolute atomic E-state index is 13.0. The van der Waals surface area contributed by atoms with E-state index in [0.717, 1.165) is 5.56 Å². The number of hydrogen-bond acceptors (Lipinski definition) is 8. The van der Waals surface area contributed by atoms with Crippen LogP contribution in [0.1, 0.15) is 41.0 Å². The number of anilines is 1. The maximum atomic E-state index is 13.0. The molecule has 31 heavy (non-hydrogen) atoms. The van der Waals surface area contributed by atoms with Crippen molar-refractivity contribution in [1.29, 1.82) is 5.26 Å². The number of sulfone groups is 1. The minimum Gasteiger partial charge on any atom is -0.386 e. The Kier molecular flexibility index (Phi) is 4.83. The molecule has 3 N–H and O–H groups in total. The average molecular weight is 439 g/mol. The third-order valence-electron chi connectivity index (χ3n) is 5.75. The van der Waals surface area contributed by atoms with Crippen molar-refractivity contribution >= 4 is 27.3 Å². The number of pyridine rings is 1. The summed E-state index contributed by atoms with van der Waals surface area (Å²) in [5.41, 5.74) is 7.33. The lowest BCUT2D eigenvalue weighted by Gasteiger charge is -2.42. The number of aliphatic imine (C=N–C) groups is 1. The number of amidine groups is 1. The minimum atomic E-state index is -3.61. The van der Waals surface area contributed by atoms with Crippen LogP contribution in [-0.4, -0.2) is 42.3 Å². The summed E-state index contributed by atoms with van der Waals surface area (Å²) in [6.07, 6.45) is 1.32. The van der Waals surface area contributed by atoms with E-state index in [-0.39, 0.29) is 23.9 Å². The van der Waals surface area contributed by atoms with Crippen LogP contribution in [0.4, 0.5) is 5.69 Å². The molecule has 3 heterocycles. The van der Waals surface area contributed by atoms with E-state index in [1.165, 1.54) is 18.3 Å². The number of carbonyl (C=O) groups is 1. The number of hydrogen-bond donors (Lipinski definition) is 2. The van der Waals surface area contributed by atoms with Crippen LogP contribution in [0.5, 0.6) is 0 Å². The van der Waals surface area contributed by atoms with E-state index in [1.54, 1.807) is 32.0 Å². The van der Waals surface area contributed by atoms with Crippen LogP contribution in [0.3, 0.4) is 0 Å². The van der Waals surface area contributed by atoms with Crippen molar-refractivity contribution in [2.24, 2.45) is 10.7 Å². The maximum Gasteiger partial charge on any atom is 0.274 e. The molecular formula is C21H21N5O4S. The highest BCUT2D eigenvalue weighted by Crippen LogP contribution is 2.42. The van der Waals surface area contributed by atoms with Gasteiger partial charge in [-0.25, -0.2) is 13.4 Å². The van der Waals surface area contributed by atoms with Crippen molar-refractivity contribution in [3.8, 4) is 6.07 Å². The zero-order chi connectivity index (χ0) is 22.4. The van der Waals surface area contributed by atoms with Crippen LogP contribution in [-0.2, 0) is 26.7 Å². The molecule has 2 aliphatic heterocycles. The second-order valence-corrected chi connectivity index (χ2v) is 10.7. The fourth-order valence-electron chi connectivity index (χ4n) is 3.67. The van der Waals surface area contributed by atoms with E-state index in [1.807, 2.05) is 6.07 Å². The largest absolute Gasteiger partial charge is 0.386 e. The first-order chi connectivity index (χ1) is 14.6. The van der Waals surface area contributed by atoms with E-state index in [4.69, 9.17) is 15.7 Å². The first-order valence-electron chi connectivity index (χ1n) is 9.55. The molecule has 0 aliphatic carbocycles. The molecule has 1 aromatic carbocycles. The van der Waals surface area contributed by atoms with Gasteiger partial charge in [-0.2, -0.15) is 5.26 Å². The molecule has 1 atom stereocenters. The lowest BCUT2D eigenvalue weighted by Crippen LogP contribution is -2.57. The highest BCUT2D eigenvalue weighted by molar-refractivity contribution is 7.93. The van der Waals surface area contributed by atoms with Gasteiger partial charge in [0.25, 0.3) is 5.91 Å². The van der Waals surface area contributed by atoms with Gasteiger partial charge < -0.3 is 15.8 Å². The van der Waals surface area contributed by atoms with Gasteiger partial charge in [0.15, 0.2) is 9.84 Å². The number of nitrogens with zero attached hydrogens (tertiary/aromatic N) is 3.